The molecule has 0 radical (unpaired) electrons. The summed E-state index contributed by atoms with van der Waals surface area (Å²) in [6.45, 7) is 6.34. The van der Waals surface area contributed by atoms with E-state index in [1.165, 1.54) is 0 Å². The fourth-order valence-corrected chi connectivity index (χ4v) is 6.18. The number of ketones is 1. The summed E-state index contributed by atoms with van der Waals surface area (Å²) in [7, 11) is 0. The van der Waals surface area contributed by atoms with Gasteiger partial charge in [0.1, 0.15) is 11.5 Å². The van der Waals surface area contributed by atoms with Crippen LogP contribution in [0.25, 0.3) is 22.0 Å². The Morgan fingerprint density at radius 1 is 0.978 bits per heavy atom. The number of aromatic amines is 2. The average Bonchev–Trinajstić information content (AvgIpc) is 3.40. The number of hydrogen-bond acceptors (Lipinski definition) is 6. The molecule has 10 heteroatoms. The summed E-state index contributed by atoms with van der Waals surface area (Å²) in [4.78, 5) is 55.9. The third kappa shape index (κ3) is 7.75. The molecule has 2 amide bonds. The molecule has 1 aliphatic carbocycles. The van der Waals surface area contributed by atoms with Gasteiger partial charge in [-0.2, -0.15) is 0 Å². The number of nitrogens with one attached hydrogen (secondary N) is 4. The van der Waals surface area contributed by atoms with Crippen molar-refractivity contribution in [3.8, 4) is 11.1 Å². The van der Waals surface area contributed by atoms with Crippen molar-refractivity contribution in [1.29, 1.82) is 0 Å². The Morgan fingerprint density at radius 2 is 1.71 bits per heavy atom. The molecule has 2 heterocycles. The second-order valence-corrected chi connectivity index (χ2v) is 12.5. The molecule has 2 aromatic carbocycles. The quantitative estimate of drug-likeness (QED) is 0.162. The number of Topliss-reactive ketones (excluding diaryl/α,β-unsaturated/α-hetero) is 1. The minimum Gasteiger partial charge on any atom is -0.349 e. The van der Waals surface area contributed by atoms with E-state index in [9.17, 15) is 19.2 Å². The Kier molecular flexibility index (Phi) is 9.93. The van der Waals surface area contributed by atoms with Crippen LogP contribution in [0.3, 0.4) is 0 Å². The highest BCUT2D eigenvalue weighted by Gasteiger charge is 2.30. The van der Waals surface area contributed by atoms with E-state index in [1.807, 2.05) is 51.1 Å². The second kappa shape index (κ2) is 14.0. The Hall–Kier alpha value is -4.57. The number of aromatic nitrogens is 3. The maximum absolute atomic E-state index is 13.7. The summed E-state index contributed by atoms with van der Waals surface area (Å²) in [5, 5.41) is 11.7. The lowest BCUT2D eigenvalue weighted by Gasteiger charge is -2.27. The van der Waals surface area contributed by atoms with Gasteiger partial charge in [0.25, 0.3) is 11.5 Å². The van der Waals surface area contributed by atoms with E-state index >= 15 is 0 Å². The summed E-state index contributed by atoms with van der Waals surface area (Å²) in [6, 6.07) is 16.6. The van der Waals surface area contributed by atoms with Crippen LogP contribution in [0, 0.1) is 24.7 Å². The van der Waals surface area contributed by atoms with Crippen LogP contribution in [0.2, 0.25) is 0 Å². The number of hydrogen-bond donors (Lipinski definition) is 5. The average molecular weight is 611 g/mol. The number of amides is 2. The molecule has 1 saturated carbocycles. The number of benzene rings is 2. The largest absolute Gasteiger partial charge is 0.349 e. The number of fused-ring (bicyclic) bond motifs is 1. The SMILES string of the molecule is Cc1nc(C(=O)NC(C)C)ccc1-c1ccc(C[C@H](CC(=O)C2CCC(CN)CC2)C(=O)Nc2ccc3c(=O)[nH][nH]c3c2)cc1. The number of nitrogens with two attached hydrogens (primary N) is 1. The molecule has 45 heavy (non-hydrogen) atoms. The van der Waals surface area contributed by atoms with E-state index in [2.05, 4.69) is 25.8 Å². The third-order valence-electron chi connectivity index (χ3n) is 8.78. The highest BCUT2D eigenvalue weighted by Crippen LogP contribution is 2.31. The van der Waals surface area contributed by atoms with E-state index in [0.29, 0.717) is 41.2 Å². The monoisotopic (exact) mass is 610 g/mol. The Morgan fingerprint density at radius 3 is 2.38 bits per heavy atom. The number of rotatable bonds is 11. The van der Waals surface area contributed by atoms with Crippen molar-refractivity contribution in [3.05, 3.63) is 81.9 Å². The van der Waals surface area contributed by atoms with Crippen LogP contribution in [0.4, 0.5) is 5.69 Å². The molecule has 0 saturated heterocycles. The molecule has 0 unspecified atom stereocenters. The molecule has 2 aromatic heterocycles. The molecule has 0 aliphatic heterocycles. The molecule has 5 rings (SSSR count). The Balaban J connectivity index is 1.32. The highest BCUT2D eigenvalue weighted by molar-refractivity contribution is 5.97. The minimum absolute atomic E-state index is 0.0209. The van der Waals surface area contributed by atoms with Crippen LogP contribution < -0.4 is 21.9 Å². The molecule has 0 bridgehead atoms. The molecule has 1 atom stereocenters. The summed E-state index contributed by atoms with van der Waals surface area (Å²) < 4.78 is 0. The van der Waals surface area contributed by atoms with E-state index in [0.717, 1.165) is 48.1 Å². The van der Waals surface area contributed by atoms with Gasteiger partial charge in [0.15, 0.2) is 0 Å². The van der Waals surface area contributed by atoms with Gasteiger partial charge in [-0.1, -0.05) is 30.3 Å². The minimum atomic E-state index is -0.571. The predicted molar refractivity (Wildman–Crippen MR) is 176 cm³/mol. The third-order valence-corrected chi connectivity index (χ3v) is 8.78. The van der Waals surface area contributed by atoms with Gasteiger partial charge < -0.3 is 16.4 Å². The number of anilines is 1. The number of H-pyrrole nitrogens is 2. The molecule has 10 nitrogen and oxygen atoms in total. The van der Waals surface area contributed by atoms with Gasteiger partial charge in [-0.05, 0) is 101 Å². The van der Waals surface area contributed by atoms with Gasteiger partial charge in [0, 0.05) is 41.2 Å². The zero-order valence-corrected chi connectivity index (χ0v) is 26.1. The zero-order chi connectivity index (χ0) is 32.1. The molecular formula is C35H42N6O4. The lowest BCUT2D eigenvalue weighted by atomic mass is 9.77. The molecule has 1 fully saturated rings. The smallest absolute Gasteiger partial charge is 0.271 e. The Bertz CT molecular complexity index is 1730. The van der Waals surface area contributed by atoms with Crippen LogP contribution in [0.15, 0.2) is 59.4 Å². The molecule has 1 aliphatic rings. The van der Waals surface area contributed by atoms with Crippen molar-refractivity contribution in [2.24, 2.45) is 23.5 Å². The van der Waals surface area contributed by atoms with Crippen molar-refractivity contribution < 1.29 is 14.4 Å². The summed E-state index contributed by atoms with van der Waals surface area (Å²) in [6.07, 6.45) is 4.05. The first-order valence-corrected chi connectivity index (χ1v) is 15.7. The summed E-state index contributed by atoms with van der Waals surface area (Å²) in [5.41, 5.74) is 10.7. The lowest BCUT2D eigenvalue weighted by Crippen LogP contribution is -2.31. The number of carbonyl (C=O) groups excluding carboxylic acids is 3. The van der Waals surface area contributed by atoms with Crippen molar-refractivity contribution in [2.75, 3.05) is 11.9 Å². The molecule has 6 N–H and O–H groups in total. The lowest BCUT2D eigenvalue weighted by molar-refractivity contribution is -0.129. The van der Waals surface area contributed by atoms with E-state index in [1.54, 1.807) is 24.3 Å². The molecule has 4 aromatic rings. The molecule has 0 spiro atoms. The van der Waals surface area contributed by atoms with E-state index < -0.39 is 5.92 Å². The highest BCUT2D eigenvalue weighted by atomic mass is 16.2. The van der Waals surface area contributed by atoms with Gasteiger partial charge in [-0.15, -0.1) is 0 Å². The van der Waals surface area contributed by atoms with E-state index in [-0.39, 0.29) is 41.5 Å². The number of nitrogens with zero attached hydrogens (tertiary/aromatic N) is 1. The van der Waals surface area contributed by atoms with Gasteiger partial charge in [0.05, 0.1) is 10.9 Å². The van der Waals surface area contributed by atoms with E-state index in [4.69, 9.17) is 5.73 Å². The summed E-state index contributed by atoms with van der Waals surface area (Å²) in [5.74, 6) is -0.477. The second-order valence-electron chi connectivity index (χ2n) is 12.5. The van der Waals surface area contributed by atoms with Crippen LogP contribution in [-0.4, -0.2) is 45.4 Å². The van der Waals surface area contributed by atoms with Crippen molar-refractivity contribution in [1.82, 2.24) is 20.5 Å². The zero-order valence-electron chi connectivity index (χ0n) is 26.1. The van der Waals surface area contributed by atoms with Gasteiger partial charge in [-0.3, -0.25) is 29.4 Å². The normalized spacial score (nSPS) is 17.3. The van der Waals surface area contributed by atoms with Crippen LogP contribution in [0.1, 0.15) is 67.7 Å². The first-order valence-electron chi connectivity index (χ1n) is 15.7. The summed E-state index contributed by atoms with van der Waals surface area (Å²) >= 11 is 0. The predicted octanol–water partition coefficient (Wildman–Crippen LogP) is 4.89. The van der Waals surface area contributed by atoms with Crippen molar-refractivity contribution in [2.45, 2.75) is 65.3 Å². The molecular weight excluding hydrogens is 568 g/mol. The maximum Gasteiger partial charge on any atom is 0.271 e. The van der Waals surface area contributed by atoms with Gasteiger partial charge >= 0.3 is 0 Å². The van der Waals surface area contributed by atoms with Crippen LogP contribution in [-0.2, 0) is 16.0 Å². The molecule has 236 valence electrons. The van der Waals surface area contributed by atoms with Gasteiger partial charge in [-0.25, -0.2) is 4.98 Å². The first kappa shape index (κ1) is 31.8. The van der Waals surface area contributed by atoms with Crippen molar-refractivity contribution >= 4 is 34.2 Å². The van der Waals surface area contributed by atoms with Crippen LogP contribution in [0.5, 0.6) is 0 Å². The topological polar surface area (TPSA) is 163 Å². The standard InChI is InChI=1S/C35H42N6O4/c1-20(2)37-35(45)30-15-14-28(21(3)38-30)24-8-4-22(5-9-24)16-26(17-32(42)25-10-6-23(19-36)7-11-25)33(43)39-27-12-13-29-31(18-27)40-41-34(29)44/h4-5,8-9,12-15,18,20,23,25-26H,6-7,10-11,16-17,19,36H2,1-3H3,(H,37,45)(H,39,43)(H2,40,41,44)/t23?,25?,26-/m1/s1. The van der Waals surface area contributed by atoms with Crippen molar-refractivity contribution in [3.63, 3.8) is 0 Å². The number of aryl methyl sites for hydroxylation is 1. The Labute approximate surface area is 262 Å². The van der Waals surface area contributed by atoms with Crippen LogP contribution >= 0.6 is 0 Å². The number of pyridine rings is 1. The fraction of sp³-hybridized carbons (Fsp3) is 0.400. The fourth-order valence-electron chi connectivity index (χ4n) is 6.18. The first-order chi connectivity index (χ1) is 21.6. The van der Waals surface area contributed by atoms with Gasteiger partial charge in [0.2, 0.25) is 5.91 Å². The maximum atomic E-state index is 13.7. The number of carbonyl (C=O) groups is 3.